The second-order valence-electron chi connectivity index (χ2n) is 8.02. The number of hydrogen-bond donors (Lipinski definition) is 0. The zero-order valence-corrected chi connectivity index (χ0v) is 16.4. The molecule has 0 bridgehead atoms. The quantitative estimate of drug-likeness (QED) is 0.733. The maximum Gasteiger partial charge on any atom is 0.498 e. The number of likely N-dealkylation sites (N-methyl/N-ethyl adjacent to an activating group) is 1. The summed E-state index contributed by atoms with van der Waals surface area (Å²) in [5, 5.41) is 4.34. The van der Waals surface area contributed by atoms with Crippen molar-refractivity contribution in [3.05, 3.63) is 12.4 Å². The van der Waals surface area contributed by atoms with E-state index in [2.05, 4.69) is 5.10 Å². The summed E-state index contributed by atoms with van der Waals surface area (Å²) in [4.78, 5) is 13.4. The maximum absolute atomic E-state index is 11.9. The highest BCUT2D eigenvalue weighted by atomic mass is 16.7. The Morgan fingerprint density at radius 3 is 2.48 bits per heavy atom. The number of carbonyl (C=O) groups is 1. The smallest absolute Gasteiger partial charge is 0.449 e. The molecule has 7 nitrogen and oxygen atoms in total. The largest absolute Gasteiger partial charge is 0.498 e. The Hall–Kier alpha value is -1.54. The van der Waals surface area contributed by atoms with Crippen LogP contribution >= 0.6 is 0 Å². The van der Waals surface area contributed by atoms with E-state index in [0.717, 1.165) is 5.46 Å². The lowest BCUT2D eigenvalue weighted by Crippen LogP contribution is -2.41. The van der Waals surface area contributed by atoms with Crippen LogP contribution in [-0.2, 0) is 20.6 Å². The SMILES string of the molecule is CC(C)COC(=O)N(C)CCn1cc(B2OC(C)(C)C(C)(C)O2)cn1. The van der Waals surface area contributed by atoms with Gasteiger partial charge in [0, 0.05) is 31.4 Å². The summed E-state index contributed by atoms with van der Waals surface area (Å²) in [7, 11) is 1.30. The van der Waals surface area contributed by atoms with Crippen molar-refractivity contribution in [3.8, 4) is 0 Å². The standard InChI is InChI=1S/C17H30BN3O4/c1-13(2)12-23-15(22)20(7)8-9-21-11-14(10-19-21)18-24-16(3,4)17(5,6)25-18/h10-11,13H,8-9,12H2,1-7H3. The van der Waals surface area contributed by atoms with E-state index in [0.29, 0.717) is 25.6 Å². The van der Waals surface area contributed by atoms with Crippen LogP contribution < -0.4 is 5.46 Å². The van der Waals surface area contributed by atoms with Crippen LogP contribution in [0.2, 0.25) is 0 Å². The predicted molar refractivity (Wildman–Crippen MR) is 96.8 cm³/mol. The van der Waals surface area contributed by atoms with Gasteiger partial charge in [0.15, 0.2) is 0 Å². The molecular weight excluding hydrogens is 321 g/mol. The van der Waals surface area contributed by atoms with E-state index in [1.54, 1.807) is 22.8 Å². The van der Waals surface area contributed by atoms with Gasteiger partial charge < -0.3 is 18.9 Å². The Bertz CT molecular complexity index is 584. The first-order valence-corrected chi connectivity index (χ1v) is 8.78. The second kappa shape index (κ2) is 7.37. The van der Waals surface area contributed by atoms with E-state index in [4.69, 9.17) is 14.0 Å². The predicted octanol–water partition coefficient (Wildman–Crippen LogP) is 1.91. The lowest BCUT2D eigenvalue weighted by Gasteiger charge is -2.32. The maximum atomic E-state index is 11.9. The van der Waals surface area contributed by atoms with Gasteiger partial charge in [-0.25, -0.2) is 4.79 Å². The minimum Gasteiger partial charge on any atom is -0.449 e. The molecule has 0 atom stereocenters. The number of carbonyl (C=O) groups excluding carboxylic acids is 1. The van der Waals surface area contributed by atoms with E-state index in [1.165, 1.54) is 0 Å². The van der Waals surface area contributed by atoms with Crippen LogP contribution in [0.15, 0.2) is 12.4 Å². The third-order valence-electron chi connectivity index (χ3n) is 4.69. The highest BCUT2D eigenvalue weighted by molar-refractivity contribution is 6.61. The number of amides is 1. The highest BCUT2D eigenvalue weighted by Crippen LogP contribution is 2.36. The average molecular weight is 351 g/mol. The first-order valence-electron chi connectivity index (χ1n) is 8.78. The van der Waals surface area contributed by atoms with E-state index in [9.17, 15) is 4.79 Å². The first-order chi connectivity index (χ1) is 11.5. The average Bonchev–Trinajstić information content (AvgIpc) is 3.05. The molecule has 1 aromatic heterocycles. The Labute approximate surface area is 150 Å². The highest BCUT2D eigenvalue weighted by Gasteiger charge is 2.52. The fourth-order valence-electron chi connectivity index (χ4n) is 2.29. The van der Waals surface area contributed by atoms with Gasteiger partial charge in [-0.2, -0.15) is 5.10 Å². The van der Waals surface area contributed by atoms with Gasteiger partial charge in [0.25, 0.3) is 0 Å². The van der Waals surface area contributed by atoms with Crippen molar-refractivity contribution >= 4 is 18.7 Å². The van der Waals surface area contributed by atoms with E-state index in [1.807, 2.05) is 47.7 Å². The lowest BCUT2D eigenvalue weighted by molar-refractivity contribution is 0.00578. The van der Waals surface area contributed by atoms with Crippen molar-refractivity contribution < 1.29 is 18.8 Å². The van der Waals surface area contributed by atoms with Crippen LogP contribution in [0.4, 0.5) is 4.79 Å². The summed E-state index contributed by atoms with van der Waals surface area (Å²) in [5.41, 5.74) is 0.129. The molecular formula is C17H30BN3O4. The van der Waals surface area contributed by atoms with E-state index >= 15 is 0 Å². The zero-order valence-electron chi connectivity index (χ0n) is 16.4. The van der Waals surface area contributed by atoms with Gasteiger partial charge in [0.2, 0.25) is 0 Å². The van der Waals surface area contributed by atoms with Crippen molar-refractivity contribution in [2.45, 2.75) is 59.3 Å². The van der Waals surface area contributed by atoms with Gasteiger partial charge in [-0.3, -0.25) is 4.68 Å². The molecule has 1 amide bonds. The van der Waals surface area contributed by atoms with Crippen molar-refractivity contribution in [2.24, 2.45) is 5.92 Å². The second-order valence-corrected chi connectivity index (χ2v) is 8.02. The fraction of sp³-hybridized carbons (Fsp3) is 0.765. The monoisotopic (exact) mass is 351 g/mol. The molecule has 1 saturated heterocycles. The Morgan fingerprint density at radius 1 is 1.32 bits per heavy atom. The normalized spacial score (nSPS) is 18.6. The molecule has 0 saturated carbocycles. The molecule has 0 unspecified atom stereocenters. The molecule has 0 aromatic carbocycles. The summed E-state index contributed by atoms with van der Waals surface area (Å²) in [6.45, 7) is 13.6. The molecule has 2 rings (SSSR count). The van der Waals surface area contributed by atoms with Crippen molar-refractivity contribution in [1.29, 1.82) is 0 Å². The topological polar surface area (TPSA) is 65.8 Å². The summed E-state index contributed by atoms with van der Waals surface area (Å²) in [6, 6.07) is 0. The van der Waals surface area contributed by atoms with Gasteiger partial charge >= 0.3 is 13.2 Å². The third kappa shape index (κ3) is 4.76. The molecule has 1 aliphatic rings. The van der Waals surface area contributed by atoms with Crippen LogP contribution in [0.3, 0.4) is 0 Å². The van der Waals surface area contributed by atoms with Gasteiger partial charge in [-0.1, -0.05) is 13.8 Å². The Morgan fingerprint density at radius 2 is 1.92 bits per heavy atom. The van der Waals surface area contributed by atoms with Gasteiger partial charge in [-0.05, 0) is 33.6 Å². The van der Waals surface area contributed by atoms with Crippen LogP contribution in [0.5, 0.6) is 0 Å². The van der Waals surface area contributed by atoms with Crippen molar-refractivity contribution in [3.63, 3.8) is 0 Å². The van der Waals surface area contributed by atoms with Crippen molar-refractivity contribution in [2.75, 3.05) is 20.2 Å². The number of rotatable bonds is 6. The summed E-state index contributed by atoms with van der Waals surface area (Å²) < 4.78 is 19.0. The molecule has 8 heteroatoms. The van der Waals surface area contributed by atoms with Crippen LogP contribution in [-0.4, -0.2) is 59.3 Å². The van der Waals surface area contributed by atoms with Gasteiger partial charge in [0.1, 0.15) is 0 Å². The van der Waals surface area contributed by atoms with Gasteiger partial charge in [-0.15, -0.1) is 0 Å². The first kappa shape index (κ1) is 19.8. The molecule has 1 aliphatic heterocycles. The Kier molecular flexibility index (Phi) is 5.84. The molecule has 25 heavy (non-hydrogen) atoms. The Balaban J connectivity index is 1.87. The number of ether oxygens (including phenoxy) is 1. The molecule has 140 valence electrons. The molecule has 1 fully saturated rings. The van der Waals surface area contributed by atoms with Crippen LogP contribution in [0.1, 0.15) is 41.5 Å². The molecule has 0 N–H and O–H groups in total. The van der Waals surface area contributed by atoms with E-state index in [-0.39, 0.29) is 17.3 Å². The zero-order chi connectivity index (χ0) is 18.8. The fourth-order valence-corrected chi connectivity index (χ4v) is 2.29. The number of nitrogens with zero attached hydrogens (tertiary/aromatic N) is 3. The minimum atomic E-state index is -0.424. The number of hydrogen-bond acceptors (Lipinski definition) is 5. The number of aromatic nitrogens is 2. The lowest BCUT2D eigenvalue weighted by atomic mass is 9.82. The molecule has 0 radical (unpaired) electrons. The van der Waals surface area contributed by atoms with Crippen LogP contribution in [0, 0.1) is 5.92 Å². The summed E-state index contributed by atoms with van der Waals surface area (Å²) in [6.07, 6.45) is 3.33. The molecule has 1 aromatic rings. The molecule has 0 aliphatic carbocycles. The third-order valence-corrected chi connectivity index (χ3v) is 4.69. The molecule has 0 spiro atoms. The summed E-state index contributed by atoms with van der Waals surface area (Å²) >= 11 is 0. The van der Waals surface area contributed by atoms with Crippen molar-refractivity contribution in [1.82, 2.24) is 14.7 Å². The van der Waals surface area contributed by atoms with Gasteiger partial charge in [0.05, 0.1) is 24.4 Å². The summed E-state index contributed by atoms with van der Waals surface area (Å²) in [5.74, 6) is 0.325. The van der Waals surface area contributed by atoms with Crippen LogP contribution in [0.25, 0.3) is 0 Å². The van der Waals surface area contributed by atoms with E-state index < -0.39 is 7.12 Å². The minimum absolute atomic E-state index is 0.313. The molecule has 2 heterocycles.